The van der Waals surface area contributed by atoms with E-state index in [0.29, 0.717) is 6.42 Å². The second kappa shape index (κ2) is 5.94. The van der Waals surface area contributed by atoms with Gasteiger partial charge in [-0.05, 0) is 30.2 Å². The van der Waals surface area contributed by atoms with Gasteiger partial charge in [-0.3, -0.25) is 4.90 Å². The van der Waals surface area contributed by atoms with E-state index in [2.05, 4.69) is 16.3 Å². The van der Waals surface area contributed by atoms with Gasteiger partial charge in [0.1, 0.15) is 5.82 Å². The van der Waals surface area contributed by atoms with E-state index in [1.54, 1.807) is 6.07 Å². The molecule has 0 unspecified atom stereocenters. The molecule has 0 aromatic heterocycles. The fraction of sp³-hybridized carbons (Fsp3) is 0.500. The molecule has 0 radical (unpaired) electrons. The third-order valence-electron chi connectivity index (χ3n) is 3.47. The zero-order valence-corrected chi connectivity index (χ0v) is 10.6. The summed E-state index contributed by atoms with van der Waals surface area (Å²) in [5, 5.41) is 12.3. The second-order valence-corrected chi connectivity index (χ2v) is 4.66. The molecule has 0 spiro atoms. The molecular formula is C14H18FN3. The summed E-state index contributed by atoms with van der Waals surface area (Å²) in [6.45, 7) is 5.67. The zero-order chi connectivity index (χ0) is 13.0. The Morgan fingerprint density at radius 1 is 1.44 bits per heavy atom. The average Bonchev–Trinajstić information content (AvgIpc) is 2.38. The molecule has 0 bridgehead atoms. The molecule has 0 amide bonds. The number of rotatable bonds is 3. The van der Waals surface area contributed by atoms with Crippen LogP contribution in [0.3, 0.4) is 0 Å². The Hall–Kier alpha value is -1.44. The number of halogens is 1. The minimum atomic E-state index is -0.215. The summed E-state index contributed by atoms with van der Waals surface area (Å²) >= 11 is 0. The number of benzene rings is 1. The van der Waals surface area contributed by atoms with Crippen molar-refractivity contribution in [3.05, 3.63) is 35.1 Å². The van der Waals surface area contributed by atoms with Crippen LogP contribution in [0.2, 0.25) is 0 Å². The maximum absolute atomic E-state index is 13.2. The van der Waals surface area contributed by atoms with Crippen molar-refractivity contribution in [2.45, 2.75) is 19.4 Å². The Morgan fingerprint density at radius 3 is 2.78 bits per heavy atom. The summed E-state index contributed by atoms with van der Waals surface area (Å²) in [5.74, 6) is -0.215. The third kappa shape index (κ3) is 2.87. The second-order valence-electron chi connectivity index (χ2n) is 4.66. The van der Waals surface area contributed by atoms with Gasteiger partial charge in [-0.25, -0.2) is 4.39 Å². The fourth-order valence-electron chi connectivity index (χ4n) is 2.53. The molecule has 3 nitrogen and oxygen atoms in total. The summed E-state index contributed by atoms with van der Waals surface area (Å²) in [6.07, 6.45) is 0.451. The summed E-state index contributed by atoms with van der Waals surface area (Å²) in [6, 6.07) is 7.17. The summed E-state index contributed by atoms with van der Waals surface area (Å²) < 4.78 is 13.2. The van der Waals surface area contributed by atoms with E-state index in [1.165, 1.54) is 6.07 Å². The number of hydrogen-bond donors (Lipinski definition) is 1. The molecule has 1 aromatic carbocycles. The first-order valence-corrected chi connectivity index (χ1v) is 6.30. The molecule has 96 valence electrons. The predicted octanol–water partition coefficient (Wildman–Crippen LogP) is 1.99. The highest BCUT2D eigenvalue weighted by atomic mass is 19.1. The van der Waals surface area contributed by atoms with Gasteiger partial charge < -0.3 is 5.32 Å². The van der Waals surface area contributed by atoms with Crippen LogP contribution in [-0.4, -0.2) is 31.1 Å². The van der Waals surface area contributed by atoms with Crippen LogP contribution < -0.4 is 5.32 Å². The van der Waals surface area contributed by atoms with Gasteiger partial charge in [-0.1, -0.05) is 6.07 Å². The molecule has 1 aliphatic heterocycles. The first kappa shape index (κ1) is 13.0. The van der Waals surface area contributed by atoms with Crippen molar-refractivity contribution >= 4 is 0 Å². The van der Waals surface area contributed by atoms with Crippen LogP contribution in [0.15, 0.2) is 18.2 Å². The van der Waals surface area contributed by atoms with Crippen LogP contribution in [0.5, 0.6) is 0 Å². The lowest BCUT2D eigenvalue weighted by Gasteiger charge is -2.34. The first-order valence-electron chi connectivity index (χ1n) is 6.30. The molecule has 0 saturated carbocycles. The lowest BCUT2D eigenvalue weighted by molar-refractivity contribution is 0.175. The van der Waals surface area contributed by atoms with Crippen LogP contribution in [-0.2, 0) is 0 Å². The molecule has 0 aliphatic carbocycles. The van der Waals surface area contributed by atoms with Crippen molar-refractivity contribution in [3.63, 3.8) is 0 Å². The van der Waals surface area contributed by atoms with Crippen molar-refractivity contribution in [1.29, 1.82) is 5.26 Å². The van der Waals surface area contributed by atoms with E-state index >= 15 is 0 Å². The van der Waals surface area contributed by atoms with Gasteiger partial charge in [0.25, 0.3) is 0 Å². The lowest BCUT2D eigenvalue weighted by Crippen LogP contribution is -2.45. The third-order valence-corrected chi connectivity index (χ3v) is 3.47. The molecule has 1 saturated heterocycles. The van der Waals surface area contributed by atoms with E-state index in [4.69, 9.17) is 5.26 Å². The van der Waals surface area contributed by atoms with Crippen LogP contribution in [0, 0.1) is 24.1 Å². The number of nitrogens with zero attached hydrogens (tertiary/aromatic N) is 2. The van der Waals surface area contributed by atoms with Gasteiger partial charge in [-0.2, -0.15) is 5.26 Å². The van der Waals surface area contributed by atoms with E-state index < -0.39 is 0 Å². The van der Waals surface area contributed by atoms with E-state index in [9.17, 15) is 4.39 Å². The van der Waals surface area contributed by atoms with Crippen molar-refractivity contribution < 1.29 is 4.39 Å². The standard InChI is InChI=1S/C14H18FN3/c1-11-10-12(15)2-3-13(11)14(4-5-16)18-8-6-17-7-9-18/h2-3,10,14,17H,4,6-9H2,1H3/t14-/m1/s1. The minimum absolute atomic E-state index is 0.0812. The Morgan fingerprint density at radius 2 is 2.17 bits per heavy atom. The first-order chi connectivity index (χ1) is 8.72. The molecule has 1 atom stereocenters. The molecule has 18 heavy (non-hydrogen) atoms. The Labute approximate surface area is 107 Å². The van der Waals surface area contributed by atoms with Gasteiger partial charge >= 0.3 is 0 Å². The number of hydrogen-bond acceptors (Lipinski definition) is 3. The lowest BCUT2D eigenvalue weighted by atomic mass is 9.97. The largest absolute Gasteiger partial charge is 0.314 e. The summed E-state index contributed by atoms with van der Waals surface area (Å²) in [7, 11) is 0. The van der Waals surface area contributed by atoms with Crippen LogP contribution in [0.1, 0.15) is 23.6 Å². The fourth-order valence-corrected chi connectivity index (χ4v) is 2.53. The highest BCUT2D eigenvalue weighted by molar-refractivity contribution is 5.30. The normalized spacial score (nSPS) is 18.3. The zero-order valence-electron chi connectivity index (χ0n) is 10.6. The number of nitriles is 1. The van der Waals surface area contributed by atoms with Gasteiger partial charge in [0, 0.05) is 32.2 Å². The maximum atomic E-state index is 13.2. The molecule has 1 aliphatic rings. The number of piperazine rings is 1. The molecule has 1 heterocycles. The van der Waals surface area contributed by atoms with Crippen LogP contribution in [0.25, 0.3) is 0 Å². The number of aryl methyl sites for hydroxylation is 1. The smallest absolute Gasteiger partial charge is 0.123 e. The van der Waals surface area contributed by atoms with Crippen molar-refractivity contribution in [2.24, 2.45) is 0 Å². The highest BCUT2D eigenvalue weighted by Crippen LogP contribution is 2.27. The van der Waals surface area contributed by atoms with E-state index in [0.717, 1.165) is 37.3 Å². The molecule has 4 heteroatoms. The molecule has 1 N–H and O–H groups in total. The monoisotopic (exact) mass is 247 g/mol. The van der Waals surface area contributed by atoms with Gasteiger partial charge in [0.05, 0.1) is 12.5 Å². The van der Waals surface area contributed by atoms with Crippen LogP contribution >= 0.6 is 0 Å². The van der Waals surface area contributed by atoms with E-state index in [-0.39, 0.29) is 11.9 Å². The van der Waals surface area contributed by atoms with Crippen molar-refractivity contribution in [1.82, 2.24) is 10.2 Å². The van der Waals surface area contributed by atoms with Gasteiger partial charge in [0.15, 0.2) is 0 Å². The Balaban J connectivity index is 2.25. The molecule has 2 rings (SSSR count). The maximum Gasteiger partial charge on any atom is 0.123 e. The number of nitrogens with one attached hydrogen (secondary N) is 1. The van der Waals surface area contributed by atoms with Gasteiger partial charge in [-0.15, -0.1) is 0 Å². The summed E-state index contributed by atoms with van der Waals surface area (Å²) in [5.41, 5.74) is 1.99. The van der Waals surface area contributed by atoms with Crippen LogP contribution in [0.4, 0.5) is 4.39 Å². The quantitative estimate of drug-likeness (QED) is 0.888. The van der Waals surface area contributed by atoms with E-state index in [1.807, 2.05) is 13.0 Å². The predicted molar refractivity (Wildman–Crippen MR) is 68.6 cm³/mol. The van der Waals surface area contributed by atoms with Gasteiger partial charge in [0.2, 0.25) is 0 Å². The Kier molecular flexibility index (Phi) is 4.29. The minimum Gasteiger partial charge on any atom is -0.314 e. The molecular weight excluding hydrogens is 229 g/mol. The highest BCUT2D eigenvalue weighted by Gasteiger charge is 2.23. The topological polar surface area (TPSA) is 39.1 Å². The Bertz CT molecular complexity index is 447. The summed E-state index contributed by atoms with van der Waals surface area (Å²) in [4.78, 5) is 2.31. The molecule has 1 aromatic rings. The molecule has 1 fully saturated rings. The average molecular weight is 247 g/mol. The van der Waals surface area contributed by atoms with Crippen molar-refractivity contribution in [3.8, 4) is 6.07 Å². The van der Waals surface area contributed by atoms with Crippen molar-refractivity contribution in [2.75, 3.05) is 26.2 Å². The SMILES string of the molecule is Cc1cc(F)ccc1[C@@H](CC#N)N1CCNCC1.